The van der Waals surface area contributed by atoms with Crippen LogP contribution in [0.4, 0.5) is 11.4 Å². The molecule has 0 spiro atoms. The highest BCUT2D eigenvalue weighted by Gasteiger charge is 2.46. The van der Waals surface area contributed by atoms with Crippen LogP contribution in [0.25, 0.3) is 21.5 Å². The van der Waals surface area contributed by atoms with Crippen LogP contribution in [-0.2, 0) is 40.6 Å². The first kappa shape index (κ1) is 66.5. The van der Waals surface area contributed by atoms with Crippen molar-refractivity contribution in [2.24, 2.45) is 5.41 Å². The van der Waals surface area contributed by atoms with Crippen LogP contribution < -0.4 is 9.64 Å². The van der Waals surface area contributed by atoms with E-state index < -0.39 is 36.5 Å². The summed E-state index contributed by atoms with van der Waals surface area (Å²) in [6.45, 7) is 16.2. The van der Waals surface area contributed by atoms with Crippen molar-refractivity contribution in [3.05, 3.63) is 190 Å². The Balaban J connectivity index is 0.998. The number of aromatic hydroxyl groups is 1. The number of rotatable bonds is 29. The molecule has 0 saturated heterocycles. The van der Waals surface area contributed by atoms with Crippen molar-refractivity contribution < 1.29 is 55.0 Å². The second-order valence-electron chi connectivity index (χ2n) is 25.8. The van der Waals surface area contributed by atoms with Gasteiger partial charge in [-0.2, -0.15) is 21.4 Å². The number of ether oxygens (including phenoxy) is 2. The Morgan fingerprint density at radius 1 is 0.708 bits per heavy atom. The number of esters is 1. The Morgan fingerprint density at radius 2 is 1.34 bits per heavy atom. The van der Waals surface area contributed by atoms with E-state index in [1.807, 2.05) is 38.1 Å². The zero-order valence-electron chi connectivity index (χ0n) is 53.0. The molecule has 4 N–H and O–H groups in total. The van der Waals surface area contributed by atoms with Crippen molar-refractivity contribution in [2.45, 2.75) is 155 Å². The number of nitrogens with zero attached hydrogens (tertiary/aromatic N) is 2. The fourth-order valence-corrected chi connectivity index (χ4v) is 15.1. The highest BCUT2D eigenvalue weighted by Crippen LogP contribution is 2.52. The molecule has 3 aliphatic rings. The number of aliphatic hydroxyl groups is 1. The molecule has 15 heteroatoms. The number of anilines is 1. The van der Waals surface area contributed by atoms with E-state index >= 15 is 0 Å². The number of aliphatic hydroxyl groups excluding tert-OH is 1. The molecular formula is C74H91N2O11S2+. The molecule has 0 amide bonds. The smallest absolute Gasteiger partial charge is 0.311 e. The average molecular weight is 1250 g/mol. The number of hydrogen-bond donors (Lipinski definition) is 4. The summed E-state index contributed by atoms with van der Waals surface area (Å²) in [7, 11) is -8.35. The summed E-state index contributed by atoms with van der Waals surface area (Å²) >= 11 is 0. The van der Waals surface area contributed by atoms with Gasteiger partial charge in [-0.3, -0.25) is 13.9 Å². The molecule has 0 saturated carbocycles. The number of hydrogen-bond acceptors (Lipinski definition) is 10. The SMILES string of the molecule is CCC(CCC(CCC(C)(CC)C(=O)OCCO)c1ccc(O)cc1)c1ccc(OCCCC2=C(C=CC3=[N+](CCCS(=O)(=O)O)c4ccc5ccccc5c4C3(C)C)CCCC2=CC=C2N(CCCS(=O)(=O)O)c3ccc4ccccc4c3C2(C)C)cc1. The molecule has 0 bridgehead atoms. The van der Waals surface area contributed by atoms with Crippen LogP contribution in [0.15, 0.2) is 168 Å². The van der Waals surface area contributed by atoms with E-state index in [0.29, 0.717) is 32.5 Å². The van der Waals surface area contributed by atoms with Crippen molar-refractivity contribution >= 4 is 64.8 Å². The predicted molar refractivity (Wildman–Crippen MR) is 359 cm³/mol. The molecule has 9 rings (SSSR count). The van der Waals surface area contributed by atoms with E-state index in [4.69, 9.17) is 9.47 Å². The molecule has 6 aromatic carbocycles. The molecule has 0 fully saturated rings. The molecule has 89 heavy (non-hydrogen) atoms. The van der Waals surface area contributed by atoms with E-state index in [1.54, 1.807) is 12.1 Å². The van der Waals surface area contributed by atoms with Gasteiger partial charge in [0.1, 0.15) is 24.7 Å². The van der Waals surface area contributed by atoms with Crippen LogP contribution in [0.2, 0.25) is 0 Å². The van der Waals surface area contributed by atoms with Crippen LogP contribution in [0.3, 0.4) is 0 Å². The maximum Gasteiger partial charge on any atom is 0.311 e. The highest BCUT2D eigenvalue weighted by molar-refractivity contribution is 7.86. The molecule has 3 atom stereocenters. The van der Waals surface area contributed by atoms with Crippen LogP contribution in [0.5, 0.6) is 11.5 Å². The second kappa shape index (κ2) is 28.5. The quantitative estimate of drug-likeness (QED) is 0.0151. The number of phenolic OH excluding ortho intramolecular Hbond substituents is 1. The van der Waals surface area contributed by atoms with E-state index in [2.05, 4.69) is 153 Å². The monoisotopic (exact) mass is 1250 g/mol. The van der Waals surface area contributed by atoms with Gasteiger partial charge in [0.05, 0.1) is 35.5 Å². The fraction of sp³-hybridized carbons (Fsp3) is 0.432. The maximum atomic E-state index is 13.1. The molecule has 3 unspecified atom stereocenters. The Bertz CT molecular complexity index is 3920. The van der Waals surface area contributed by atoms with Gasteiger partial charge in [-0.15, -0.1) is 0 Å². The summed E-state index contributed by atoms with van der Waals surface area (Å²) in [5, 5.41) is 24.0. The van der Waals surface area contributed by atoms with Crippen molar-refractivity contribution in [3.8, 4) is 11.5 Å². The number of carbonyl (C=O) groups excluding carboxylic acids is 1. The molecule has 0 aromatic heterocycles. The summed E-state index contributed by atoms with van der Waals surface area (Å²) in [4.78, 5) is 15.4. The number of benzene rings is 6. The molecular weight excluding hydrogens is 1160 g/mol. The second-order valence-corrected chi connectivity index (χ2v) is 29.0. The molecule has 6 aromatic rings. The van der Waals surface area contributed by atoms with Gasteiger partial charge in [0.25, 0.3) is 20.2 Å². The van der Waals surface area contributed by atoms with E-state index in [1.165, 1.54) is 33.4 Å². The van der Waals surface area contributed by atoms with E-state index in [9.17, 15) is 40.9 Å². The van der Waals surface area contributed by atoms with Crippen LogP contribution in [0, 0.1) is 5.41 Å². The number of carbonyl (C=O) groups is 1. The third-order valence-electron chi connectivity index (χ3n) is 19.2. The topological polar surface area (TPSA) is 191 Å². The third kappa shape index (κ3) is 15.7. The first-order valence-electron chi connectivity index (χ1n) is 31.9. The number of fused-ring (bicyclic) bond motifs is 6. The summed E-state index contributed by atoms with van der Waals surface area (Å²) in [5.41, 5.74) is 11.0. The van der Waals surface area contributed by atoms with Crippen LogP contribution in [0.1, 0.15) is 166 Å². The maximum absolute atomic E-state index is 13.1. The lowest BCUT2D eigenvalue weighted by atomic mass is 9.77. The van der Waals surface area contributed by atoms with Gasteiger partial charge in [-0.1, -0.05) is 119 Å². The van der Waals surface area contributed by atoms with Gasteiger partial charge in [-0.25, -0.2) is 0 Å². The van der Waals surface area contributed by atoms with Crippen molar-refractivity contribution in [1.29, 1.82) is 0 Å². The summed E-state index contributed by atoms with van der Waals surface area (Å²) in [6.07, 6.45) is 18.4. The minimum atomic E-state index is -4.18. The van der Waals surface area contributed by atoms with Crippen molar-refractivity contribution in [2.75, 3.05) is 49.3 Å². The lowest BCUT2D eigenvalue weighted by Crippen LogP contribution is -2.30. The Labute approximate surface area is 528 Å². The third-order valence-corrected chi connectivity index (χ3v) is 20.8. The Kier molecular flexibility index (Phi) is 21.3. The standard InChI is InChI=1S/C74H90N2O11S2/c1-8-52(25-26-55(54-27-35-60(78)36-28-54)43-44-74(7,9-2)71(79)87-49-47-77)53-29-37-61(38-30-53)86-48-15-24-62-56(33-41-67-72(3,4)69-63-22-12-10-18-58(63)31-39-65(69)75(67)45-16-50-88(80,81)82)20-14-21-57(62)34-42-68-73(5,6)70-64-23-13-11-19-59(64)32-40-66(70)76(68)46-17-51-89(83,84)85/h10-13,18-19,22-23,27-42,52,55,77H,8-9,14-17,20-21,24-26,43-51H2,1-7H3,(H2-,78,80,81,82,83,84,85)/p+1. The Hall–Kier alpha value is -6.88. The van der Waals surface area contributed by atoms with Gasteiger partial charge in [-0.05, 0) is 207 Å². The van der Waals surface area contributed by atoms with E-state index in [0.717, 1.165) is 113 Å². The molecule has 13 nitrogen and oxygen atoms in total. The lowest BCUT2D eigenvalue weighted by Gasteiger charge is -2.29. The minimum Gasteiger partial charge on any atom is -0.508 e. The predicted octanol–water partition coefficient (Wildman–Crippen LogP) is 15.9. The van der Waals surface area contributed by atoms with Gasteiger partial charge < -0.3 is 24.6 Å². The molecule has 474 valence electrons. The molecule has 1 aliphatic carbocycles. The van der Waals surface area contributed by atoms with Gasteiger partial charge in [0.2, 0.25) is 5.69 Å². The summed E-state index contributed by atoms with van der Waals surface area (Å²) in [5.74, 6) is 0.481. The normalized spacial score (nSPS) is 18.1. The first-order valence-corrected chi connectivity index (χ1v) is 35.2. The highest BCUT2D eigenvalue weighted by atomic mass is 32.2. The largest absolute Gasteiger partial charge is 0.508 e. The lowest BCUT2D eigenvalue weighted by molar-refractivity contribution is -0.437. The van der Waals surface area contributed by atoms with Crippen molar-refractivity contribution in [3.63, 3.8) is 0 Å². The van der Waals surface area contributed by atoms with Gasteiger partial charge in [0, 0.05) is 47.5 Å². The van der Waals surface area contributed by atoms with Crippen LogP contribution >= 0.6 is 0 Å². The number of phenols is 1. The van der Waals surface area contributed by atoms with Crippen molar-refractivity contribution in [1.82, 2.24) is 0 Å². The fourth-order valence-electron chi connectivity index (χ4n) is 14.1. The summed E-state index contributed by atoms with van der Waals surface area (Å²) in [6, 6.07) is 41.2. The zero-order valence-corrected chi connectivity index (χ0v) is 54.6. The average Bonchev–Trinajstić information content (AvgIpc) is 1.60. The first-order chi connectivity index (χ1) is 42.5. The molecule has 2 heterocycles. The van der Waals surface area contributed by atoms with E-state index in [-0.39, 0.29) is 61.1 Å². The van der Waals surface area contributed by atoms with Crippen LogP contribution in [-0.4, -0.2) is 96.8 Å². The molecule has 2 aliphatic heterocycles. The summed E-state index contributed by atoms with van der Waals surface area (Å²) < 4.78 is 82.1. The Morgan fingerprint density at radius 3 is 2.00 bits per heavy atom. The number of allylic oxidation sites excluding steroid dienone is 8. The molecule has 0 radical (unpaired) electrons. The minimum absolute atomic E-state index is 0.0162. The van der Waals surface area contributed by atoms with Gasteiger partial charge in [0.15, 0.2) is 5.71 Å². The zero-order chi connectivity index (χ0) is 63.7. The van der Waals surface area contributed by atoms with Gasteiger partial charge >= 0.3 is 5.97 Å².